The Bertz CT molecular complexity index is 796. The molecule has 0 fully saturated rings. The van der Waals surface area contributed by atoms with Crippen molar-refractivity contribution in [3.8, 4) is 9.88 Å². The van der Waals surface area contributed by atoms with Gasteiger partial charge in [-0.3, -0.25) is 4.79 Å². The molecule has 0 aliphatic carbocycles. The van der Waals surface area contributed by atoms with E-state index in [9.17, 15) is 9.18 Å². The molecule has 3 aromatic rings. The van der Waals surface area contributed by atoms with Crippen LogP contribution >= 0.6 is 22.7 Å². The van der Waals surface area contributed by atoms with E-state index in [1.807, 2.05) is 22.9 Å². The third-order valence-electron chi connectivity index (χ3n) is 3.08. The van der Waals surface area contributed by atoms with Gasteiger partial charge in [-0.25, -0.2) is 9.37 Å². The first-order valence-electron chi connectivity index (χ1n) is 6.66. The SMILES string of the molecule is Cc1ccc(NC(=O)Cc2csc(-c3cccs3)n2)cc1F. The summed E-state index contributed by atoms with van der Waals surface area (Å²) in [7, 11) is 0. The number of anilines is 1. The van der Waals surface area contributed by atoms with Gasteiger partial charge in [-0.05, 0) is 36.1 Å². The standard InChI is InChI=1S/C16H13FN2OS2/c1-10-4-5-11(7-13(10)17)18-15(20)8-12-9-22-16(19-12)14-3-2-6-21-14/h2-7,9H,8H2,1H3,(H,18,20). The van der Waals surface area contributed by atoms with E-state index < -0.39 is 0 Å². The normalized spacial score (nSPS) is 10.6. The highest BCUT2D eigenvalue weighted by atomic mass is 32.1. The number of benzene rings is 1. The first-order chi connectivity index (χ1) is 10.6. The lowest BCUT2D eigenvalue weighted by atomic mass is 10.2. The molecule has 0 saturated heterocycles. The lowest BCUT2D eigenvalue weighted by Crippen LogP contribution is -2.14. The van der Waals surface area contributed by atoms with E-state index in [1.54, 1.807) is 30.4 Å². The van der Waals surface area contributed by atoms with Gasteiger partial charge in [-0.15, -0.1) is 22.7 Å². The molecule has 0 spiro atoms. The summed E-state index contributed by atoms with van der Waals surface area (Å²) in [4.78, 5) is 17.6. The van der Waals surface area contributed by atoms with Crippen LogP contribution in [0.15, 0.2) is 41.1 Å². The number of hydrogen-bond donors (Lipinski definition) is 1. The minimum atomic E-state index is -0.327. The minimum Gasteiger partial charge on any atom is -0.326 e. The third kappa shape index (κ3) is 3.40. The fourth-order valence-electron chi connectivity index (χ4n) is 1.94. The molecule has 0 unspecified atom stereocenters. The molecule has 0 atom stereocenters. The number of nitrogens with one attached hydrogen (secondary N) is 1. The highest BCUT2D eigenvalue weighted by molar-refractivity contribution is 7.20. The van der Waals surface area contributed by atoms with Gasteiger partial charge in [-0.1, -0.05) is 12.1 Å². The Hall–Kier alpha value is -2.05. The van der Waals surface area contributed by atoms with Crippen LogP contribution in [0.5, 0.6) is 0 Å². The minimum absolute atomic E-state index is 0.178. The zero-order chi connectivity index (χ0) is 15.5. The Balaban J connectivity index is 1.65. The van der Waals surface area contributed by atoms with Crippen LogP contribution in [0.1, 0.15) is 11.3 Å². The lowest BCUT2D eigenvalue weighted by Gasteiger charge is -2.05. The van der Waals surface area contributed by atoms with Gasteiger partial charge in [0, 0.05) is 11.1 Å². The number of carbonyl (C=O) groups excluding carboxylic acids is 1. The van der Waals surface area contributed by atoms with Crippen LogP contribution < -0.4 is 5.32 Å². The number of halogens is 1. The van der Waals surface area contributed by atoms with Crippen molar-refractivity contribution in [2.24, 2.45) is 0 Å². The van der Waals surface area contributed by atoms with Gasteiger partial charge < -0.3 is 5.32 Å². The van der Waals surface area contributed by atoms with E-state index in [4.69, 9.17) is 0 Å². The Labute approximate surface area is 135 Å². The Morgan fingerprint density at radius 1 is 1.32 bits per heavy atom. The summed E-state index contributed by atoms with van der Waals surface area (Å²) in [6.07, 6.45) is 0.178. The Kier molecular flexibility index (Phi) is 4.31. The second-order valence-corrected chi connectivity index (χ2v) is 6.62. The van der Waals surface area contributed by atoms with E-state index >= 15 is 0 Å². The van der Waals surface area contributed by atoms with Gasteiger partial charge in [0.2, 0.25) is 5.91 Å². The summed E-state index contributed by atoms with van der Waals surface area (Å²) in [6.45, 7) is 1.68. The summed E-state index contributed by atoms with van der Waals surface area (Å²) < 4.78 is 13.5. The molecular formula is C16H13FN2OS2. The van der Waals surface area contributed by atoms with E-state index in [1.165, 1.54) is 17.4 Å². The van der Waals surface area contributed by atoms with E-state index in [0.29, 0.717) is 11.3 Å². The Morgan fingerprint density at radius 2 is 2.18 bits per heavy atom. The number of aromatic nitrogens is 1. The first-order valence-corrected chi connectivity index (χ1v) is 8.42. The van der Waals surface area contributed by atoms with Crippen molar-refractivity contribution >= 4 is 34.3 Å². The molecule has 0 aliphatic heterocycles. The van der Waals surface area contributed by atoms with E-state index in [-0.39, 0.29) is 18.1 Å². The van der Waals surface area contributed by atoms with Crippen molar-refractivity contribution < 1.29 is 9.18 Å². The molecule has 2 heterocycles. The highest BCUT2D eigenvalue weighted by Gasteiger charge is 2.10. The van der Waals surface area contributed by atoms with Gasteiger partial charge in [-0.2, -0.15) is 0 Å². The van der Waals surface area contributed by atoms with Gasteiger partial charge in [0.25, 0.3) is 0 Å². The van der Waals surface area contributed by atoms with Gasteiger partial charge >= 0.3 is 0 Å². The average molecular weight is 332 g/mol. The molecule has 22 heavy (non-hydrogen) atoms. The monoisotopic (exact) mass is 332 g/mol. The average Bonchev–Trinajstić information content (AvgIpc) is 3.13. The van der Waals surface area contributed by atoms with Gasteiger partial charge in [0.05, 0.1) is 17.0 Å². The van der Waals surface area contributed by atoms with Crippen LogP contribution in [0.3, 0.4) is 0 Å². The zero-order valence-corrected chi connectivity index (χ0v) is 13.4. The molecule has 3 nitrogen and oxygen atoms in total. The maximum absolute atomic E-state index is 13.5. The van der Waals surface area contributed by atoms with Crippen LogP contribution in [0.2, 0.25) is 0 Å². The molecule has 1 N–H and O–H groups in total. The number of carbonyl (C=O) groups is 1. The Morgan fingerprint density at radius 3 is 2.91 bits per heavy atom. The molecule has 112 valence electrons. The van der Waals surface area contributed by atoms with Crippen LogP contribution in [-0.4, -0.2) is 10.9 Å². The lowest BCUT2D eigenvalue weighted by molar-refractivity contribution is -0.115. The fraction of sp³-hybridized carbons (Fsp3) is 0.125. The second-order valence-electron chi connectivity index (χ2n) is 4.81. The van der Waals surface area contributed by atoms with Crippen molar-refractivity contribution in [1.29, 1.82) is 0 Å². The molecule has 0 saturated carbocycles. The van der Waals surface area contributed by atoms with Crippen LogP contribution in [0.4, 0.5) is 10.1 Å². The molecule has 0 aliphatic rings. The molecule has 1 amide bonds. The van der Waals surface area contributed by atoms with Crippen molar-refractivity contribution in [3.63, 3.8) is 0 Å². The molecule has 0 bridgehead atoms. The summed E-state index contributed by atoms with van der Waals surface area (Å²) in [5.41, 5.74) is 1.73. The number of rotatable bonds is 4. The van der Waals surface area contributed by atoms with Gasteiger partial charge in [0.1, 0.15) is 10.8 Å². The fourth-order valence-corrected chi connectivity index (χ4v) is 3.58. The van der Waals surface area contributed by atoms with Crippen LogP contribution in [0.25, 0.3) is 9.88 Å². The predicted molar refractivity (Wildman–Crippen MR) is 88.9 cm³/mol. The molecule has 3 rings (SSSR count). The number of thiazole rings is 1. The van der Waals surface area contributed by atoms with Crippen molar-refractivity contribution in [2.45, 2.75) is 13.3 Å². The summed E-state index contributed by atoms with van der Waals surface area (Å²) >= 11 is 3.14. The highest BCUT2D eigenvalue weighted by Crippen LogP contribution is 2.28. The maximum atomic E-state index is 13.5. The number of aryl methyl sites for hydroxylation is 1. The third-order valence-corrected chi connectivity index (χ3v) is 5.01. The largest absolute Gasteiger partial charge is 0.326 e. The summed E-state index contributed by atoms with van der Waals surface area (Å²) in [5.74, 6) is -0.530. The number of hydrogen-bond acceptors (Lipinski definition) is 4. The topological polar surface area (TPSA) is 42.0 Å². The van der Waals surface area contributed by atoms with Crippen molar-refractivity contribution in [3.05, 3.63) is 58.2 Å². The summed E-state index contributed by atoms with van der Waals surface area (Å²) in [6, 6.07) is 8.63. The van der Waals surface area contributed by atoms with Crippen LogP contribution in [0, 0.1) is 12.7 Å². The quantitative estimate of drug-likeness (QED) is 0.764. The molecule has 1 aromatic carbocycles. The van der Waals surface area contributed by atoms with Crippen molar-refractivity contribution in [1.82, 2.24) is 4.98 Å². The van der Waals surface area contributed by atoms with E-state index in [2.05, 4.69) is 10.3 Å². The predicted octanol–water partition coefficient (Wildman–Crippen LogP) is 4.50. The summed E-state index contributed by atoms with van der Waals surface area (Å²) in [5, 5.41) is 7.48. The second kappa shape index (κ2) is 6.37. The smallest absolute Gasteiger partial charge is 0.230 e. The molecule has 0 radical (unpaired) electrons. The first kappa shape index (κ1) is 14.9. The number of nitrogens with zero attached hydrogens (tertiary/aromatic N) is 1. The molecule has 2 aromatic heterocycles. The number of amides is 1. The van der Waals surface area contributed by atoms with Crippen LogP contribution in [-0.2, 0) is 11.2 Å². The van der Waals surface area contributed by atoms with Crippen molar-refractivity contribution in [2.75, 3.05) is 5.32 Å². The number of thiophene rings is 1. The van der Waals surface area contributed by atoms with E-state index in [0.717, 1.165) is 15.6 Å². The molecule has 6 heteroatoms. The molecular weight excluding hydrogens is 319 g/mol. The maximum Gasteiger partial charge on any atom is 0.230 e. The zero-order valence-electron chi connectivity index (χ0n) is 11.8. The van der Waals surface area contributed by atoms with Gasteiger partial charge in [0.15, 0.2) is 0 Å².